The molecule has 1 N–H and O–H groups in total. The number of amides is 1. The number of likely N-dealkylation sites (N-methyl/N-ethyl adjacent to an activating group) is 1. The second kappa shape index (κ2) is 8.94. The fraction of sp³-hybridized carbons (Fsp3) is 0.381. The number of aliphatic hydroxyl groups excluding tert-OH is 1. The van der Waals surface area contributed by atoms with Crippen LogP contribution in [0.1, 0.15) is 5.69 Å². The Labute approximate surface area is 178 Å². The summed E-state index contributed by atoms with van der Waals surface area (Å²) in [6.45, 7) is 3.13. The van der Waals surface area contributed by atoms with E-state index in [0.717, 1.165) is 31.1 Å². The molecule has 3 heterocycles. The summed E-state index contributed by atoms with van der Waals surface area (Å²) >= 11 is 0. The second-order valence-corrected chi connectivity index (χ2v) is 7.53. The lowest BCUT2D eigenvalue weighted by Crippen LogP contribution is -2.41. The van der Waals surface area contributed by atoms with E-state index in [1.165, 1.54) is 18.3 Å². The Balaban J connectivity index is 1.49. The molecule has 10 heteroatoms. The van der Waals surface area contributed by atoms with E-state index in [2.05, 4.69) is 22.0 Å². The van der Waals surface area contributed by atoms with Gasteiger partial charge in [-0.05, 0) is 25.2 Å². The molecule has 0 unspecified atom stereocenters. The zero-order chi connectivity index (χ0) is 22.0. The first-order chi connectivity index (χ1) is 15.0. The summed E-state index contributed by atoms with van der Waals surface area (Å²) in [5, 5.41) is 15.5. The normalized spacial score (nSPS) is 20.0. The van der Waals surface area contributed by atoms with Crippen molar-refractivity contribution in [2.45, 2.75) is 6.10 Å². The smallest absolute Gasteiger partial charge is 0.414 e. The van der Waals surface area contributed by atoms with Crippen LogP contribution in [0.15, 0.2) is 35.6 Å². The van der Waals surface area contributed by atoms with E-state index < -0.39 is 23.8 Å². The Bertz CT molecular complexity index is 978. The number of hydrogen-bond donors (Lipinski definition) is 1. The van der Waals surface area contributed by atoms with E-state index in [4.69, 9.17) is 9.84 Å². The molecule has 2 aliphatic heterocycles. The lowest BCUT2D eigenvalue weighted by Gasteiger charge is -2.30. The van der Waals surface area contributed by atoms with Gasteiger partial charge in [-0.25, -0.2) is 13.6 Å². The fourth-order valence-corrected chi connectivity index (χ4v) is 3.48. The van der Waals surface area contributed by atoms with Gasteiger partial charge < -0.3 is 14.7 Å². The third-order valence-electron chi connectivity index (χ3n) is 5.36. The molecule has 0 spiro atoms. The standard InChI is InChI=1S/C21H23F2N5O3/c1-26-6-8-27(9-7-26)25-11-15-3-2-14(10-24-15)17-4-5-18(20(23)19(17)22)28-12-16(13-29)31-21(28)30/h2-5,10-11,16,29H,6-9,12-13H2,1H3/b25-11+/t16-/m1/s1. The number of piperazine rings is 1. The summed E-state index contributed by atoms with van der Waals surface area (Å²) in [5.41, 5.74) is 0.806. The number of anilines is 1. The molecule has 2 fully saturated rings. The summed E-state index contributed by atoms with van der Waals surface area (Å²) in [4.78, 5) is 19.3. The maximum atomic E-state index is 14.8. The number of cyclic esters (lactones) is 1. The molecule has 1 aromatic heterocycles. The van der Waals surface area contributed by atoms with Crippen LogP contribution in [0, 0.1) is 11.6 Å². The first-order valence-corrected chi connectivity index (χ1v) is 9.97. The molecule has 2 aromatic rings. The van der Waals surface area contributed by atoms with Gasteiger partial charge in [0, 0.05) is 43.5 Å². The van der Waals surface area contributed by atoms with Gasteiger partial charge >= 0.3 is 6.09 Å². The van der Waals surface area contributed by atoms with Gasteiger partial charge in [0.25, 0.3) is 0 Å². The van der Waals surface area contributed by atoms with Crippen LogP contribution in [0.5, 0.6) is 0 Å². The maximum absolute atomic E-state index is 14.8. The Kier molecular flexibility index (Phi) is 6.10. The third kappa shape index (κ3) is 4.49. The van der Waals surface area contributed by atoms with Crippen molar-refractivity contribution in [1.82, 2.24) is 14.9 Å². The molecule has 31 heavy (non-hydrogen) atoms. The summed E-state index contributed by atoms with van der Waals surface area (Å²) in [5.74, 6) is -2.24. The lowest BCUT2D eigenvalue weighted by molar-refractivity contribution is 0.0963. The number of carbonyl (C=O) groups is 1. The van der Waals surface area contributed by atoms with E-state index in [1.807, 2.05) is 5.01 Å². The van der Waals surface area contributed by atoms with Crippen LogP contribution >= 0.6 is 0 Å². The number of aliphatic hydroxyl groups is 1. The van der Waals surface area contributed by atoms with Gasteiger partial charge in [0.1, 0.15) is 6.10 Å². The van der Waals surface area contributed by atoms with Crippen molar-refractivity contribution >= 4 is 18.0 Å². The van der Waals surface area contributed by atoms with Gasteiger partial charge in [-0.2, -0.15) is 5.10 Å². The lowest BCUT2D eigenvalue weighted by atomic mass is 10.1. The van der Waals surface area contributed by atoms with Gasteiger partial charge in [-0.1, -0.05) is 6.07 Å². The highest BCUT2D eigenvalue weighted by Crippen LogP contribution is 2.32. The van der Waals surface area contributed by atoms with Gasteiger partial charge in [-0.15, -0.1) is 0 Å². The molecule has 0 aliphatic carbocycles. The number of halogens is 2. The Morgan fingerprint density at radius 3 is 2.61 bits per heavy atom. The molecule has 1 aromatic carbocycles. The summed E-state index contributed by atoms with van der Waals surface area (Å²) in [6.07, 6.45) is 1.51. The number of hydrazone groups is 1. The average molecular weight is 431 g/mol. The molecule has 1 atom stereocenters. The molecule has 2 aliphatic rings. The zero-order valence-electron chi connectivity index (χ0n) is 17.0. The number of ether oxygens (including phenoxy) is 1. The molecule has 164 valence electrons. The summed E-state index contributed by atoms with van der Waals surface area (Å²) in [6, 6.07) is 6.03. The van der Waals surface area contributed by atoms with Crippen molar-refractivity contribution in [3.63, 3.8) is 0 Å². The van der Waals surface area contributed by atoms with Crippen molar-refractivity contribution in [3.8, 4) is 11.1 Å². The molecular formula is C21H23F2N5O3. The van der Waals surface area contributed by atoms with Crippen LogP contribution in [-0.4, -0.2) is 84.8 Å². The first-order valence-electron chi connectivity index (χ1n) is 9.97. The zero-order valence-corrected chi connectivity index (χ0v) is 17.0. The molecule has 1 amide bonds. The van der Waals surface area contributed by atoms with E-state index in [9.17, 15) is 13.6 Å². The molecule has 0 bridgehead atoms. The number of benzene rings is 1. The third-order valence-corrected chi connectivity index (χ3v) is 5.36. The SMILES string of the molecule is CN1CCN(/N=C/c2ccc(-c3ccc(N4C[C@H](CO)OC4=O)c(F)c3F)cn2)CC1. The van der Waals surface area contributed by atoms with Crippen LogP contribution in [0.4, 0.5) is 19.3 Å². The Hall–Kier alpha value is -3.11. The molecule has 2 saturated heterocycles. The molecule has 8 nitrogen and oxygen atoms in total. The Morgan fingerprint density at radius 1 is 1.19 bits per heavy atom. The highest BCUT2D eigenvalue weighted by atomic mass is 19.2. The van der Waals surface area contributed by atoms with E-state index in [1.54, 1.807) is 18.3 Å². The van der Waals surface area contributed by atoms with Crippen LogP contribution in [-0.2, 0) is 4.74 Å². The Morgan fingerprint density at radius 2 is 1.97 bits per heavy atom. The predicted octanol–water partition coefficient (Wildman–Crippen LogP) is 1.93. The monoisotopic (exact) mass is 431 g/mol. The number of hydrogen-bond acceptors (Lipinski definition) is 7. The minimum Gasteiger partial charge on any atom is -0.441 e. The van der Waals surface area contributed by atoms with Crippen molar-refractivity contribution in [2.24, 2.45) is 5.10 Å². The fourth-order valence-electron chi connectivity index (χ4n) is 3.48. The van der Waals surface area contributed by atoms with E-state index >= 15 is 0 Å². The molecular weight excluding hydrogens is 408 g/mol. The van der Waals surface area contributed by atoms with Crippen molar-refractivity contribution in [1.29, 1.82) is 0 Å². The summed E-state index contributed by atoms with van der Waals surface area (Å²) in [7, 11) is 2.07. The van der Waals surface area contributed by atoms with Crippen LogP contribution in [0.25, 0.3) is 11.1 Å². The van der Waals surface area contributed by atoms with Crippen molar-refractivity contribution < 1.29 is 23.4 Å². The summed E-state index contributed by atoms with van der Waals surface area (Å²) < 4.78 is 34.4. The maximum Gasteiger partial charge on any atom is 0.414 e. The molecule has 4 rings (SSSR count). The number of pyridine rings is 1. The molecule has 0 radical (unpaired) electrons. The minimum atomic E-state index is -1.16. The topological polar surface area (TPSA) is 81.5 Å². The number of carbonyl (C=O) groups excluding carboxylic acids is 1. The van der Waals surface area contributed by atoms with Crippen LogP contribution in [0.2, 0.25) is 0 Å². The van der Waals surface area contributed by atoms with Crippen molar-refractivity contribution in [2.75, 3.05) is 51.3 Å². The molecule has 0 saturated carbocycles. The van der Waals surface area contributed by atoms with E-state index in [-0.39, 0.29) is 24.4 Å². The van der Waals surface area contributed by atoms with Crippen LogP contribution in [0.3, 0.4) is 0 Å². The van der Waals surface area contributed by atoms with Gasteiger partial charge in [0.2, 0.25) is 0 Å². The number of nitrogens with zero attached hydrogens (tertiary/aromatic N) is 5. The van der Waals surface area contributed by atoms with Gasteiger partial charge in [0.05, 0.1) is 30.7 Å². The van der Waals surface area contributed by atoms with Crippen LogP contribution < -0.4 is 4.90 Å². The first kappa shape index (κ1) is 21.1. The van der Waals surface area contributed by atoms with E-state index in [0.29, 0.717) is 11.3 Å². The largest absolute Gasteiger partial charge is 0.441 e. The highest BCUT2D eigenvalue weighted by molar-refractivity contribution is 5.90. The quantitative estimate of drug-likeness (QED) is 0.729. The van der Waals surface area contributed by atoms with Crippen molar-refractivity contribution in [3.05, 3.63) is 47.8 Å². The van der Waals surface area contributed by atoms with Gasteiger partial charge in [-0.3, -0.25) is 14.9 Å². The number of aromatic nitrogens is 1. The predicted molar refractivity (Wildman–Crippen MR) is 111 cm³/mol. The van der Waals surface area contributed by atoms with Gasteiger partial charge in [0.15, 0.2) is 11.6 Å². The highest BCUT2D eigenvalue weighted by Gasteiger charge is 2.34. The number of rotatable bonds is 5. The second-order valence-electron chi connectivity index (χ2n) is 7.53. The minimum absolute atomic E-state index is 0.0302. The average Bonchev–Trinajstić information content (AvgIpc) is 3.16.